The molecular formula is C27H30N2. The van der Waals surface area contributed by atoms with E-state index >= 15 is 0 Å². The number of nitrogens with zero attached hydrogens (tertiary/aromatic N) is 1. The van der Waals surface area contributed by atoms with Crippen LogP contribution in [0.5, 0.6) is 0 Å². The Hall–Kier alpha value is -2.87. The van der Waals surface area contributed by atoms with Crippen LogP contribution < -0.4 is 0 Å². The molecule has 0 amide bonds. The molecule has 4 rings (SSSR count). The van der Waals surface area contributed by atoms with Crippen LogP contribution in [0.25, 0.3) is 22.2 Å². The molecule has 0 saturated carbocycles. The maximum Gasteiger partial charge on any atom is 0.0482 e. The van der Waals surface area contributed by atoms with Crippen molar-refractivity contribution < 1.29 is 0 Å². The van der Waals surface area contributed by atoms with Gasteiger partial charge in [-0.05, 0) is 53.6 Å². The van der Waals surface area contributed by atoms with Crippen LogP contribution in [0, 0.1) is 6.92 Å². The predicted octanol–water partition coefficient (Wildman–Crippen LogP) is 7.38. The Kier molecular flexibility index (Phi) is 5.27. The number of benzene rings is 2. The summed E-state index contributed by atoms with van der Waals surface area (Å²) >= 11 is 0. The van der Waals surface area contributed by atoms with Crippen molar-refractivity contribution in [2.75, 3.05) is 0 Å². The summed E-state index contributed by atoms with van der Waals surface area (Å²) in [5.74, 6) is 0.959. The van der Waals surface area contributed by atoms with E-state index in [2.05, 4.69) is 94.2 Å². The van der Waals surface area contributed by atoms with Crippen molar-refractivity contribution in [3.8, 4) is 11.3 Å². The Morgan fingerprint density at radius 3 is 2.31 bits per heavy atom. The van der Waals surface area contributed by atoms with Crippen molar-refractivity contribution in [3.63, 3.8) is 0 Å². The zero-order valence-electron chi connectivity index (χ0n) is 18.1. The van der Waals surface area contributed by atoms with Crippen LogP contribution in [-0.4, -0.2) is 9.97 Å². The fraction of sp³-hybridized carbons (Fsp3) is 0.296. The van der Waals surface area contributed by atoms with Crippen molar-refractivity contribution in [2.45, 2.75) is 52.9 Å². The molecule has 0 aliphatic heterocycles. The Bertz CT molecular complexity index is 1130. The molecule has 0 aliphatic rings. The lowest BCUT2D eigenvalue weighted by molar-refractivity contribution is 0.831. The topological polar surface area (TPSA) is 28.7 Å². The van der Waals surface area contributed by atoms with E-state index < -0.39 is 0 Å². The first-order valence-electron chi connectivity index (χ1n) is 10.6. The molecule has 2 heterocycles. The molecule has 0 spiro atoms. The smallest absolute Gasteiger partial charge is 0.0482 e. The number of hydrogen-bond acceptors (Lipinski definition) is 1. The summed E-state index contributed by atoms with van der Waals surface area (Å²) in [5.41, 5.74) is 9.95. The lowest BCUT2D eigenvalue weighted by Gasteiger charge is -2.14. The first-order chi connectivity index (χ1) is 13.9. The Morgan fingerprint density at radius 2 is 1.62 bits per heavy atom. The van der Waals surface area contributed by atoms with Gasteiger partial charge in [-0.15, -0.1) is 0 Å². The Morgan fingerprint density at radius 1 is 0.862 bits per heavy atom. The van der Waals surface area contributed by atoms with E-state index in [4.69, 9.17) is 4.98 Å². The lowest BCUT2D eigenvalue weighted by Crippen LogP contribution is -2.02. The van der Waals surface area contributed by atoms with Crippen LogP contribution in [0.15, 0.2) is 60.8 Å². The number of H-pyrrole nitrogens is 1. The maximum absolute atomic E-state index is 4.89. The molecule has 0 bridgehead atoms. The number of aryl methyl sites for hydroxylation is 1. The van der Waals surface area contributed by atoms with Crippen molar-refractivity contribution in [3.05, 3.63) is 88.7 Å². The predicted molar refractivity (Wildman–Crippen MR) is 124 cm³/mol. The quantitative estimate of drug-likeness (QED) is 0.383. The van der Waals surface area contributed by atoms with Gasteiger partial charge in [0.15, 0.2) is 0 Å². The zero-order valence-corrected chi connectivity index (χ0v) is 18.1. The summed E-state index contributed by atoms with van der Waals surface area (Å²) in [6.45, 7) is 11.1. The molecule has 0 atom stereocenters. The summed E-state index contributed by atoms with van der Waals surface area (Å²) in [7, 11) is 0. The molecule has 0 unspecified atom stereocenters. The summed E-state index contributed by atoms with van der Waals surface area (Å²) in [6, 6.07) is 20.0. The van der Waals surface area contributed by atoms with Crippen LogP contribution in [0.1, 0.15) is 67.5 Å². The highest BCUT2D eigenvalue weighted by Crippen LogP contribution is 2.30. The van der Waals surface area contributed by atoms with Gasteiger partial charge in [-0.25, -0.2) is 0 Å². The van der Waals surface area contributed by atoms with Crippen molar-refractivity contribution >= 4 is 10.9 Å². The van der Waals surface area contributed by atoms with E-state index in [0.717, 1.165) is 17.7 Å². The number of fused-ring (bicyclic) bond motifs is 1. The minimum absolute atomic E-state index is 0.430. The van der Waals surface area contributed by atoms with Gasteiger partial charge in [0.25, 0.3) is 0 Å². The highest BCUT2D eigenvalue weighted by molar-refractivity contribution is 5.86. The summed E-state index contributed by atoms with van der Waals surface area (Å²) in [6.07, 6.45) is 2.89. The number of aromatic amines is 1. The van der Waals surface area contributed by atoms with Crippen LogP contribution in [0.4, 0.5) is 0 Å². The molecular weight excluding hydrogens is 352 g/mol. The van der Waals surface area contributed by atoms with Gasteiger partial charge in [-0.2, -0.15) is 0 Å². The summed E-state index contributed by atoms with van der Waals surface area (Å²) in [5, 5.41) is 1.25. The van der Waals surface area contributed by atoms with Gasteiger partial charge in [-0.1, -0.05) is 69.7 Å². The van der Waals surface area contributed by atoms with E-state index in [9.17, 15) is 0 Å². The van der Waals surface area contributed by atoms with Crippen LogP contribution in [-0.2, 0) is 6.42 Å². The number of rotatable bonds is 5. The molecule has 2 nitrogen and oxygen atoms in total. The van der Waals surface area contributed by atoms with E-state index in [1.165, 1.54) is 38.9 Å². The molecule has 2 aromatic heterocycles. The zero-order chi connectivity index (χ0) is 20.5. The SMILES string of the molecule is Cc1ccc(Cc2ncc(-c3cc4ccc(C(C)C)cc4[nH]3)cc2C(C)C)cc1. The highest BCUT2D eigenvalue weighted by atomic mass is 14.7. The average Bonchev–Trinajstić information content (AvgIpc) is 3.13. The monoisotopic (exact) mass is 382 g/mol. The van der Waals surface area contributed by atoms with E-state index in [0.29, 0.717) is 11.8 Å². The second kappa shape index (κ2) is 7.87. The molecule has 0 saturated heterocycles. The lowest BCUT2D eigenvalue weighted by atomic mass is 9.95. The maximum atomic E-state index is 4.89. The third kappa shape index (κ3) is 4.12. The van der Waals surface area contributed by atoms with Crippen molar-refractivity contribution in [1.82, 2.24) is 9.97 Å². The summed E-state index contributed by atoms with van der Waals surface area (Å²) < 4.78 is 0. The molecule has 0 aliphatic carbocycles. The van der Waals surface area contributed by atoms with Gasteiger partial charge in [0, 0.05) is 40.5 Å². The largest absolute Gasteiger partial charge is 0.354 e. The van der Waals surface area contributed by atoms with E-state index in [-0.39, 0.29) is 0 Å². The first-order valence-corrected chi connectivity index (χ1v) is 10.6. The van der Waals surface area contributed by atoms with Crippen LogP contribution in [0.2, 0.25) is 0 Å². The molecule has 1 N–H and O–H groups in total. The van der Waals surface area contributed by atoms with Gasteiger partial charge in [0.05, 0.1) is 0 Å². The normalized spacial score (nSPS) is 11.7. The molecule has 4 aromatic rings. The molecule has 0 radical (unpaired) electrons. The van der Waals surface area contributed by atoms with Gasteiger partial charge in [-0.3, -0.25) is 4.98 Å². The Labute approximate surface area is 174 Å². The van der Waals surface area contributed by atoms with Gasteiger partial charge >= 0.3 is 0 Å². The third-order valence-electron chi connectivity index (χ3n) is 5.74. The molecule has 148 valence electrons. The van der Waals surface area contributed by atoms with Crippen molar-refractivity contribution in [2.24, 2.45) is 0 Å². The molecule has 0 fully saturated rings. The Balaban J connectivity index is 1.70. The summed E-state index contributed by atoms with van der Waals surface area (Å²) in [4.78, 5) is 8.50. The number of aromatic nitrogens is 2. The van der Waals surface area contributed by atoms with E-state index in [1.807, 2.05) is 6.20 Å². The van der Waals surface area contributed by atoms with E-state index in [1.54, 1.807) is 0 Å². The fourth-order valence-corrected chi connectivity index (χ4v) is 3.86. The van der Waals surface area contributed by atoms with Gasteiger partial charge in [0.1, 0.15) is 0 Å². The molecule has 2 aromatic carbocycles. The average molecular weight is 383 g/mol. The second-order valence-electron chi connectivity index (χ2n) is 8.76. The van der Waals surface area contributed by atoms with Crippen molar-refractivity contribution in [1.29, 1.82) is 0 Å². The first kappa shape index (κ1) is 19.4. The van der Waals surface area contributed by atoms with Crippen LogP contribution in [0.3, 0.4) is 0 Å². The van der Waals surface area contributed by atoms with Gasteiger partial charge < -0.3 is 4.98 Å². The van der Waals surface area contributed by atoms with Gasteiger partial charge in [0.2, 0.25) is 0 Å². The standard InChI is InChI=1S/C27H30N2/c1-17(2)21-10-11-22-15-26(29-25(22)14-21)23-13-24(18(3)4)27(28-16-23)12-20-8-6-19(5)7-9-20/h6-11,13-18,29H,12H2,1-5H3. The second-order valence-corrected chi connectivity index (χ2v) is 8.76. The molecule has 2 heteroatoms. The highest BCUT2D eigenvalue weighted by Gasteiger charge is 2.13. The molecule has 29 heavy (non-hydrogen) atoms. The fourth-order valence-electron chi connectivity index (χ4n) is 3.86. The number of nitrogens with one attached hydrogen (secondary N) is 1. The third-order valence-corrected chi connectivity index (χ3v) is 5.74. The number of hydrogen-bond donors (Lipinski definition) is 1. The van der Waals surface area contributed by atoms with Crippen LogP contribution >= 0.6 is 0 Å². The minimum Gasteiger partial charge on any atom is -0.354 e. The number of pyridine rings is 1. The minimum atomic E-state index is 0.430.